The van der Waals surface area contributed by atoms with E-state index in [2.05, 4.69) is 29.1 Å². The van der Waals surface area contributed by atoms with Gasteiger partial charge in [0.2, 0.25) is 0 Å². The zero-order valence-electron chi connectivity index (χ0n) is 9.11. The molecule has 0 aliphatic heterocycles. The first-order valence-corrected chi connectivity index (χ1v) is 6.00. The monoisotopic (exact) mass is 258 g/mol. The molecule has 0 spiro atoms. The molecule has 4 nitrogen and oxygen atoms in total. The minimum Gasteiger partial charge on any atom is -0.194 e. The van der Waals surface area contributed by atoms with Crippen LogP contribution in [0.4, 0.5) is 0 Å². The smallest absolute Gasteiger partial charge is 0.194 e. The zero-order chi connectivity index (χ0) is 11.7. The minimum absolute atomic E-state index is 0.331. The lowest BCUT2D eigenvalue weighted by Crippen LogP contribution is -2.05. The molecule has 0 N–H and O–H groups in total. The van der Waals surface area contributed by atoms with E-state index < -0.39 is 0 Å². The highest BCUT2D eigenvalue weighted by Crippen LogP contribution is 2.25. The SMILES string of the molecule is CCC(CC)c1nnc2c(Cl)cc(Cl)nn12. The third-order valence-electron chi connectivity index (χ3n) is 2.67. The maximum absolute atomic E-state index is 6.02. The van der Waals surface area contributed by atoms with E-state index in [1.807, 2.05) is 0 Å². The van der Waals surface area contributed by atoms with Crippen LogP contribution in [0.2, 0.25) is 10.2 Å². The van der Waals surface area contributed by atoms with Gasteiger partial charge in [-0.1, -0.05) is 37.0 Å². The molecule has 6 heteroatoms. The van der Waals surface area contributed by atoms with Crippen LogP contribution in [0.25, 0.3) is 5.65 Å². The summed E-state index contributed by atoms with van der Waals surface area (Å²) in [6.45, 7) is 4.22. The summed E-state index contributed by atoms with van der Waals surface area (Å²) < 4.78 is 1.64. The highest BCUT2D eigenvalue weighted by atomic mass is 35.5. The lowest BCUT2D eigenvalue weighted by molar-refractivity contribution is 0.582. The lowest BCUT2D eigenvalue weighted by Gasteiger charge is -2.09. The molecule has 0 unspecified atom stereocenters. The normalized spacial score (nSPS) is 11.6. The highest BCUT2D eigenvalue weighted by molar-refractivity contribution is 6.35. The Balaban J connectivity index is 2.63. The minimum atomic E-state index is 0.331. The first kappa shape index (κ1) is 11.6. The molecule has 2 aromatic rings. The van der Waals surface area contributed by atoms with E-state index >= 15 is 0 Å². The quantitative estimate of drug-likeness (QED) is 0.849. The third-order valence-corrected chi connectivity index (χ3v) is 3.13. The number of hydrogen-bond acceptors (Lipinski definition) is 3. The first-order chi connectivity index (χ1) is 7.67. The van der Waals surface area contributed by atoms with Gasteiger partial charge >= 0.3 is 0 Å². The summed E-state index contributed by atoms with van der Waals surface area (Å²) in [5.41, 5.74) is 0.563. The molecule has 2 heterocycles. The van der Waals surface area contributed by atoms with Crippen LogP contribution in [0.5, 0.6) is 0 Å². The van der Waals surface area contributed by atoms with Crippen molar-refractivity contribution < 1.29 is 0 Å². The second-order valence-electron chi connectivity index (χ2n) is 3.62. The summed E-state index contributed by atoms with van der Waals surface area (Å²) in [5.74, 6) is 1.15. The van der Waals surface area contributed by atoms with Crippen molar-refractivity contribution in [2.75, 3.05) is 0 Å². The average Bonchev–Trinajstić information content (AvgIpc) is 2.64. The molecule has 0 aliphatic rings. The first-order valence-electron chi connectivity index (χ1n) is 5.24. The summed E-state index contributed by atoms with van der Waals surface area (Å²) in [5, 5.41) is 13.2. The van der Waals surface area contributed by atoms with Crippen molar-refractivity contribution in [2.45, 2.75) is 32.6 Å². The molecule has 0 aliphatic carbocycles. The van der Waals surface area contributed by atoms with Gasteiger partial charge in [-0.25, -0.2) is 0 Å². The molecule has 0 bridgehead atoms. The summed E-state index contributed by atoms with van der Waals surface area (Å²) in [6, 6.07) is 1.57. The Kier molecular flexibility index (Phi) is 3.30. The van der Waals surface area contributed by atoms with Crippen molar-refractivity contribution in [2.24, 2.45) is 0 Å². The van der Waals surface area contributed by atoms with Gasteiger partial charge in [0.25, 0.3) is 0 Å². The molecule has 0 atom stereocenters. The highest BCUT2D eigenvalue weighted by Gasteiger charge is 2.17. The van der Waals surface area contributed by atoms with Crippen LogP contribution in [0.1, 0.15) is 38.4 Å². The molecular weight excluding hydrogens is 247 g/mol. The van der Waals surface area contributed by atoms with Gasteiger partial charge in [0.05, 0.1) is 5.02 Å². The topological polar surface area (TPSA) is 43.1 Å². The Bertz CT molecular complexity index is 505. The van der Waals surface area contributed by atoms with Gasteiger partial charge < -0.3 is 0 Å². The van der Waals surface area contributed by atoms with Crippen molar-refractivity contribution in [3.8, 4) is 0 Å². The molecular formula is C10H12Cl2N4. The van der Waals surface area contributed by atoms with Gasteiger partial charge in [-0.05, 0) is 18.9 Å². The Morgan fingerprint density at radius 3 is 2.56 bits per heavy atom. The molecule has 2 aromatic heterocycles. The van der Waals surface area contributed by atoms with E-state index in [9.17, 15) is 0 Å². The molecule has 0 saturated heterocycles. The second-order valence-corrected chi connectivity index (χ2v) is 4.42. The molecule has 0 aromatic carbocycles. The van der Waals surface area contributed by atoms with Crippen LogP contribution in [0.3, 0.4) is 0 Å². The fraction of sp³-hybridized carbons (Fsp3) is 0.500. The predicted molar refractivity (Wildman–Crippen MR) is 64.1 cm³/mol. The van der Waals surface area contributed by atoms with Crippen LogP contribution in [0, 0.1) is 0 Å². The van der Waals surface area contributed by atoms with Gasteiger partial charge in [0, 0.05) is 5.92 Å². The van der Waals surface area contributed by atoms with Crippen molar-refractivity contribution in [3.05, 3.63) is 22.1 Å². The summed E-state index contributed by atoms with van der Waals surface area (Å²) in [6.07, 6.45) is 1.98. The number of hydrogen-bond donors (Lipinski definition) is 0. The standard InChI is InChI=1S/C10H12Cl2N4/c1-3-6(4-2)9-13-14-10-7(11)5-8(12)15-16(9)10/h5-6H,3-4H2,1-2H3. The summed E-state index contributed by atoms with van der Waals surface area (Å²) >= 11 is 11.9. The molecule has 2 rings (SSSR count). The lowest BCUT2D eigenvalue weighted by atomic mass is 10.0. The van der Waals surface area contributed by atoms with Gasteiger partial charge in [0.1, 0.15) is 0 Å². The van der Waals surface area contributed by atoms with Crippen molar-refractivity contribution in [1.82, 2.24) is 19.8 Å². The zero-order valence-corrected chi connectivity index (χ0v) is 10.6. The number of aromatic nitrogens is 4. The Morgan fingerprint density at radius 1 is 1.25 bits per heavy atom. The molecule has 16 heavy (non-hydrogen) atoms. The predicted octanol–water partition coefficient (Wildman–Crippen LogP) is 3.33. The van der Waals surface area contributed by atoms with Gasteiger partial charge in [-0.15, -0.1) is 10.2 Å². The van der Waals surface area contributed by atoms with E-state index in [0.717, 1.165) is 18.7 Å². The number of rotatable bonds is 3. The number of nitrogens with zero attached hydrogens (tertiary/aromatic N) is 4. The Morgan fingerprint density at radius 2 is 1.94 bits per heavy atom. The largest absolute Gasteiger partial charge is 0.196 e. The van der Waals surface area contributed by atoms with E-state index in [1.54, 1.807) is 10.6 Å². The average molecular weight is 259 g/mol. The number of halogens is 2. The fourth-order valence-electron chi connectivity index (χ4n) is 1.74. The van der Waals surface area contributed by atoms with Crippen LogP contribution in [0.15, 0.2) is 6.07 Å². The Hall–Kier alpha value is -0.870. The van der Waals surface area contributed by atoms with Crippen LogP contribution >= 0.6 is 23.2 Å². The second kappa shape index (κ2) is 4.55. The number of fused-ring (bicyclic) bond motifs is 1. The van der Waals surface area contributed by atoms with Gasteiger partial charge in [-0.3, -0.25) is 0 Å². The van der Waals surface area contributed by atoms with Crippen LogP contribution in [-0.4, -0.2) is 19.8 Å². The van der Waals surface area contributed by atoms with Crippen molar-refractivity contribution >= 4 is 28.8 Å². The van der Waals surface area contributed by atoms with Gasteiger partial charge in [-0.2, -0.15) is 9.61 Å². The van der Waals surface area contributed by atoms with Crippen LogP contribution < -0.4 is 0 Å². The van der Waals surface area contributed by atoms with Crippen molar-refractivity contribution in [1.29, 1.82) is 0 Å². The summed E-state index contributed by atoms with van der Waals surface area (Å²) in [4.78, 5) is 0. The van der Waals surface area contributed by atoms with Crippen LogP contribution in [-0.2, 0) is 0 Å². The van der Waals surface area contributed by atoms with Gasteiger partial charge in [0.15, 0.2) is 16.6 Å². The van der Waals surface area contributed by atoms with E-state index in [1.165, 1.54) is 0 Å². The molecule has 86 valence electrons. The maximum atomic E-state index is 6.02. The fourth-order valence-corrected chi connectivity index (χ4v) is 2.20. The molecule has 0 fully saturated rings. The molecule has 0 saturated carbocycles. The third kappa shape index (κ3) is 1.87. The van der Waals surface area contributed by atoms with E-state index in [4.69, 9.17) is 23.2 Å². The van der Waals surface area contributed by atoms with E-state index in [-0.39, 0.29) is 0 Å². The molecule has 0 amide bonds. The molecule has 0 radical (unpaired) electrons. The maximum Gasteiger partial charge on any atom is 0.196 e. The van der Waals surface area contributed by atoms with Crippen molar-refractivity contribution in [3.63, 3.8) is 0 Å². The van der Waals surface area contributed by atoms with E-state index in [0.29, 0.717) is 21.7 Å². The summed E-state index contributed by atoms with van der Waals surface area (Å²) in [7, 11) is 0. The Labute approximate surface area is 104 Å².